The van der Waals surface area contributed by atoms with Gasteiger partial charge >= 0.3 is 0 Å². The van der Waals surface area contributed by atoms with Crippen LogP contribution in [0.3, 0.4) is 0 Å². The van der Waals surface area contributed by atoms with Gasteiger partial charge in [0.25, 0.3) is 0 Å². The number of nitrogens with zero attached hydrogens (tertiary/aromatic N) is 4. The van der Waals surface area contributed by atoms with Crippen LogP contribution in [-0.4, -0.2) is 36.1 Å². The Balaban J connectivity index is 1.63. The number of piperazine rings is 1. The third-order valence-electron chi connectivity index (χ3n) is 3.64. The number of hydrogen-bond acceptors (Lipinski definition) is 5. The molecule has 1 aromatic carbocycles. The molecule has 2 aromatic rings. The summed E-state index contributed by atoms with van der Waals surface area (Å²) < 4.78 is 13.3. The SMILES string of the molecule is N#Cc1ccc(F)cc1CN1CCN(c2nccs2)CC1. The molecule has 6 heteroatoms. The van der Waals surface area contributed by atoms with E-state index in [4.69, 9.17) is 5.26 Å². The average molecular weight is 302 g/mol. The molecule has 0 atom stereocenters. The molecule has 108 valence electrons. The highest BCUT2D eigenvalue weighted by Crippen LogP contribution is 2.20. The van der Waals surface area contributed by atoms with Gasteiger partial charge in [0.1, 0.15) is 5.82 Å². The Labute approximate surface area is 127 Å². The molecule has 1 fully saturated rings. The molecule has 0 radical (unpaired) electrons. The largest absolute Gasteiger partial charge is 0.346 e. The van der Waals surface area contributed by atoms with E-state index in [1.165, 1.54) is 12.1 Å². The second kappa shape index (κ2) is 6.20. The summed E-state index contributed by atoms with van der Waals surface area (Å²) in [6, 6.07) is 6.48. The Morgan fingerprint density at radius 3 is 2.76 bits per heavy atom. The third-order valence-corrected chi connectivity index (χ3v) is 4.48. The van der Waals surface area contributed by atoms with Crippen molar-refractivity contribution >= 4 is 16.5 Å². The second-order valence-electron chi connectivity index (χ2n) is 4.99. The van der Waals surface area contributed by atoms with Gasteiger partial charge in [-0.1, -0.05) is 0 Å². The summed E-state index contributed by atoms with van der Waals surface area (Å²) in [7, 11) is 0. The van der Waals surface area contributed by atoms with Gasteiger partial charge < -0.3 is 4.90 Å². The minimum absolute atomic E-state index is 0.287. The van der Waals surface area contributed by atoms with Crippen molar-refractivity contribution < 1.29 is 4.39 Å². The summed E-state index contributed by atoms with van der Waals surface area (Å²) in [4.78, 5) is 8.83. The Morgan fingerprint density at radius 2 is 2.10 bits per heavy atom. The van der Waals surface area contributed by atoms with E-state index < -0.39 is 0 Å². The highest BCUT2D eigenvalue weighted by molar-refractivity contribution is 7.13. The van der Waals surface area contributed by atoms with Crippen LogP contribution in [0.15, 0.2) is 29.8 Å². The minimum Gasteiger partial charge on any atom is -0.346 e. The summed E-state index contributed by atoms with van der Waals surface area (Å²) in [5.41, 5.74) is 1.32. The van der Waals surface area contributed by atoms with Crippen LogP contribution in [0.4, 0.5) is 9.52 Å². The molecule has 1 aliphatic heterocycles. The van der Waals surface area contributed by atoms with Crippen molar-refractivity contribution in [1.29, 1.82) is 5.26 Å². The quantitative estimate of drug-likeness (QED) is 0.873. The fraction of sp³-hybridized carbons (Fsp3) is 0.333. The standard InChI is InChI=1S/C15H15FN4S/c16-14-2-1-12(10-17)13(9-14)11-19-4-6-20(7-5-19)15-18-3-8-21-15/h1-3,8-9H,4-7,11H2. The zero-order chi connectivity index (χ0) is 14.7. The van der Waals surface area contributed by atoms with E-state index in [0.29, 0.717) is 12.1 Å². The summed E-state index contributed by atoms with van der Waals surface area (Å²) in [5, 5.41) is 12.1. The Bertz CT molecular complexity index is 642. The molecular weight excluding hydrogens is 287 g/mol. The molecule has 0 N–H and O–H groups in total. The molecular formula is C15H15FN4S. The van der Waals surface area contributed by atoms with E-state index in [1.807, 2.05) is 11.6 Å². The number of thiazole rings is 1. The summed E-state index contributed by atoms with van der Waals surface area (Å²) in [6.07, 6.45) is 1.82. The first kappa shape index (κ1) is 14.0. The van der Waals surface area contributed by atoms with Crippen molar-refractivity contribution in [3.63, 3.8) is 0 Å². The molecule has 21 heavy (non-hydrogen) atoms. The fourth-order valence-corrected chi connectivity index (χ4v) is 3.21. The van der Waals surface area contributed by atoms with Gasteiger partial charge in [0.15, 0.2) is 5.13 Å². The fourth-order valence-electron chi connectivity index (χ4n) is 2.51. The van der Waals surface area contributed by atoms with Gasteiger partial charge in [-0.05, 0) is 23.8 Å². The lowest BCUT2D eigenvalue weighted by Gasteiger charge is -2.34. The Morgan fingerprint density at radius 1 is 1.29 bits per heavy atom. The van der Waals surface area contributed by atoms with Crippen LogP contribution in [0.1, 0.15) is 11.1 Å². The predicted molar refractivity (Wildman–Crippen MR) is 80.7 cm³/mol. The van der Waals surface area contributed by atoms with Crippen molar-refractivity contribution in [3.05, 3.63) is 46.7 Å². The van der Waals surface area contributed by atoms with Gasteiger partial charge in [-0.15, -0.1) is 11.3 Å². The second-order valence-corrected chi connectivity index (χ2v) is 5.86. The monoisotopic (exact) mass is 302 g/mol. The van der Waals surface area contributed by atoms with Crippen molar-refractivity contribution in [1.82, 2.24) is 9.88 Å². The summed E-state index contributed by atoms with van der Waals surface area (Å²) in [5.74, 6) is -0.287. The number of benzene rings is 1. The first-order valence-electron chi connectivity index (χ1n) is 6.81. The van der Waals surface area contributed by atoms with E-state index in [9.17, 15) is 4.39 Å². The van der Waals surface area contributed by atoms with Gasteiger partial charge in [0, 0.05) is 44.3 Å². The molecule has 0 unspecified atom stereocenters. The maximum atomic E-state index is 13.3. The van der Waals surface area contributed by atoms with Crippen LogP contribution in [0.5, 0.6) is 0 Å². The van der Waals surface area contributed by atoms with Gasteiger partial charge in [-0.25, -0.2) is 9.37 Å². The van der Waals surface area contributed by atoms with Crippen molar-refractivity contribution in [3.8, 4) is 6.07 Å². The summed E-state index contributed by atoms with van der Waals surface area (Å²) in [6.45, 7) is 4.21. The van der Waals surface area contributed by atoms with Crippen LogP contribution in [0.2, 0.25) is 0 Å². The first-order valence-corrected chi connectivity index (χ1v) is 7.69. The lowest BCUT2D eigenvalue weighted by Crippen LogP contribution is -2.46. The van der Waals surface area contributed by atoms with Gasteiger partial charge in [0.2, 0.25) is 0 Å². The molecule has 2 heterocycles. The van der Waals surface area contributed by atoms with Crippen LogP contribution in [-0.2, 0) is 6.54 Å². The lowest BCUT2D eigenvalue weighted by molar-refractivity contribution is 0.249. The number of hydrogen-bond donors (Lipinski definition) is 0. The molecule has 0 amide bonds. The van der Waals surface area contributed by atoms with E-state index >= 15 is 0 Å². The number of aromatic nitrogens is 1. The average Bonchev–Trinajstić information content (AvgIpc) is 3.03. The molecule has 0 spiro atoms. The highest BCUT2D eigenvalue weighted by atomic mass is 32.1. The summed E-state index contributed by atoms with van der Waals surface area (Å²) >= 11 is 1.65. The van der Waals surface area contributed by atoms with Crippen LogP contribution < -0.4 is 4.90 Å². The van der Waals surface area contributed by atoms with Crippen LogP contribution in [0.25, 0.3) is 0 Å². The van der Waals surface area contributed by atoms with Gasteiger partial charge in [-0.2, -0.15) is 5.26 Å². The van der Waals surface area contributed by atoms with E-state index in [-0.39, 0.29) is 5.82 Å². The lowest BCUT2D eigenvalue weighted by atomic mass is 10.1. The maximum absolute atomic E-state index is 13.3. The molecule has 1 aliphatic rings. The highest BCUT2D eigenvalue weighted by Gasteiger charge is 2.19. The maximum Gasteiger partial charge on any atom is 0.185 e. The van der Waals surface area contributed by atoms with Crippen LogP contribution in [0, 0.1) is 17.1 Å². The number of anilines is 1. The normalized spacial score (nSPS) is 15.9. The van der Waals surface area contributed by atoms with Crippen molar-refractivity contribution in [2.24, 2.45) is 0 Å². The number of nitriles is 1. The molecule has 4 nitrogen and oxygen atoms in total. The van der Waals surface area contributed by atoms with Gasteiger partial charge in [0.05, 0.1) is 11.6 Å². The van der Waals surface area contributed by atoms with Crippen LogP contribution >= 0.6 is 11.3 Å². The van der Waals surface area contributed by atoms with E-state index in [2.05, 4.69) is 20.9 Å². The predicted octanol–water partition coefficient (Wildman–Crippen LogP) is 2.48. The number of halogens is 1. The van der Waals surface area contributed by atoms with Crippen molar-refractivity contribution in [2.45, 2.75) is 6.54 Å². The van der Waals surface area contributed by atoms with E-state index in [1.54, 1.807) is 17.4 Å². The first-order chi connectivity index (χ1) is 10.3. The Kier molecular flexibility index (Phi) is 4.13. The molecule has 3 rings (SSSR count). The molecule has 1 aromatic heterocycles. The molecule has 0 bridgehead atoms. The smallest absolute Gasteiger partial charge is 0.185 e. The zero-order valence-corrected chi connectivity index (χ0v) is 12.3. The molecule has 1 saturated heterocycles. The molecule has 0 aliphatic carbocycles. The molecule has 0 saturated carbocycles. The number of rotatable bonds is 3. The van der Waals surface area contributed by atoms with E-state index in [0.717, 1.165) is 36.9 Å². The van der Waals surface area contributed by atoms with Gasteiger partial charge in [-0.3, -0.25) is 4.90 Å². The zero-order valence-electron chi connectivity index (χ0n) is 11.5. The van der Waals surface area contributed by atoms with Crippen molar-refractivity contribution in [2.75, 3.05) is 31.1 Å². The Hall–Kier alpha value is -1.97. The third kappa shape index (κ3) is 3.20. The topological polar surface area (TPSA) is 43.2 Å². The minimum atomic E-state index is -0.287.